The van der Waals surface area contributed by atoms with Gasteiger partial charge in [0.1, 0.15) is 0 Å². The van der Waals surface area contributed by atoms with Gasteiger partial charge in [-0.25, -0.2) is 4.68 Å². The van der Waals surface area contributed by atoms with E-state index in [1.54, 1.807) is 17.1 Å². The van der Waals surface area contributed by atoms with Crippen LogP contribution in [0.3, 0.4) is 0 Å². The van der Waals surface area contributed by atoms with Crippen LogP contribution < -0.4 is 5.32 Å². The van der Waals surface area contributed by atoms with Gasteiger partial charge in [-0.3, -0.25) is 4.79 Å². The van der Waals surface area contributed by atoms with Gasteiger partial charge in [0.15, 0.2) is 5.69 Å². The van der Waals surface area contributed by atoms with Gasteiger partial charge in [0.25, 0.3) is 5.91 Å². The molecule has 21 heavy (non-hydrogen) atoms. The predicted octanol–water partition coefficient (Wildman–Crippen LogP) is 1.33. The molecule has 0 aliphatic carbocycles. The number of piperidine rings is 1. The molecule has 1 aromatic rings. The van der Waals surface area contributed by atoms with Crippen LogP contribution in [0.2, 0.25) is 0 Å². The maximum atomic E-state index is 12.5. The summed E-state index contributed by atoms with van der Waals surface area (Å²) in [5, 5.41) is 11.6. The second kappa shape index (κ2) is 7.17. The second-order valence-corrected chi connectivity index (χ2v) is 5.24. The molecule has 2 rings (SSSR count). The molecule has 0 bridgehead atoms. The quantitative estimate of drug-likeness (QED) is 0.802. The molecule has 1 aliphatic rings. The fourth-order valence-electron chi connectivity index (χ4n) is 2.64. The summed E-state index contributed by atoms with van der Waals surface area (Å²) in [5.41, 5.74) is 1.27. The molecule has 1 aliphatic heterocycles. The zero-order chi connectivity index (χ0) is 15.2. The van der Waals surface area contributed by atoms with E-state index < -0.39 is 0 Å². The number of nitrogens with zero attached hydrogens (tertiary/aromatic N) is 4. The van der Waals surface area contributed by atoms with E-state index in [0.717, 1.165) is 31.6 Å². The van der Waals surface area contributed by atoms with Crippen LogP contribution in [0, 0.1) is 6.92 Å². The Hall–Kier alpha value is -1.95. The number of hydrogen-bond acceptors (Lipinski definition) is 4. The zero-order valence-corrected chi connectivity index (χ0v) is 12.6. The molecule has 1 amide bonds. The Morgan fingerprint density at radius 1 is 1.38 bits per heavy atom. The fourth-order valence-corrected chi connectivity index (χ4v) is 2.64. The standard InChI is InChI=1S/C15H23N5O/c1-4-10-19(11-5-2)15(21)14-12(3)20(18-17-14)13-6-8-16-9-7-13/h4-5,13,16H,1-2,6-11H2,3H3. The topological polar surface area (TPSA) is 63.1 Å². The summed E-state index contributed by atoms with van der Waals surface area (Å²) < 4.78 is 1.90. The van der Waals surface area contributed by atoms with Crippen LogP contribution in [-0.2, 0) is 0 Å². The third kappa shape index (κ3) is 3.39. The monoisotopic (exact) mass is 289 g/mol. The normalized spacial score (nSPS) is 15.7. The van der Waals surface area contributed by atoms with E-state index in [1.807, 2.05) is 11.6 Å². The van der Waals surface area contributed by atoms with Gasteiger partial charge in [-0.05, 0) is 32.9 Å². The van der Waals surface area contributed by atoms with E-state index in [2.05, 4.69) is 28.8 Å². The lowest BCUT2D eigenvalue weighted by Crippen LogP contribution is -2.32. The van der Waals surface area contributed by atoms with Gasteiger partial charge in [0, 0.05) is 13.1 Å². The Morgan fingerprint density at radius 3 is 2.57 bits per heavy atom. The van der Waals surface area contributed by atoms with E-state index in [4.69, 9.17) is 0 Å². The summed E-state index contributed by atoms with van der Waals surface area (Å²) >= 11 is 0. The highest BCUT2D eigenvalue weighted by Crippen LogP contribution is 2.20. The van der Waals surface area contributed by atoms with Gasteiger partial charge in [0.2, 0.25) is 0 Å². The van der Waals surface area contributed by atoms with E-state index in [-0.39, 0.29) is 5.91 Å². The minimum Gasteiger partial charge on any atom is -0.330 e. The maximum absolute atomic E-state index is 12.5. The van der Waals surface area contributed by atoms with Crippen LogP contribution >= 0.6 is 0 Å². The molecule has 1 fully saturated rings. The minimum atomic E-state index is -0.118. The molecular formula is C15H23N5O. The Kier molecular flexibility index (Phi) is 5.27. The lowest BCUT2D eigenvalue weighted by Gasteiger charge is -2.23. The average molecular weight is 289 g/mol. The first-order valence-electron chi connectivity index (χ1n) is 7.32. The summed E-state index contributed by atoms with van der Waals surface area (Å²) in [5.74, 6) is -0.118. The molecule has 0 aromatic carbocycles. The van der Waals surface area contributed by atoms with Crippen LogP contribution in [0.25, 0.3) is 0 Å². The van der Waals surface area contributed by atoms with Crippen molar-refractivity contribution in [2.24, 2.45) is 0 Å². The Morgan fingerprint density at radius 2 is 2.00 bits per heavy atom. The molecule has 2 heterocycles. The van der Waals surface area contributed by atoms with E-state index >= 15 is 0 Å². The molecule has 0 radical (unpaired) electrons. The summed E-state index contributed by atoms with van der Waals surface area (Å²) in [4.78, 5) is 14.2. The van der Waals surface area contributed by atoms with Crippen LogP contribution in [0.5, 0.6) is 0 Å². The van der Waals surface area contributed by atoms with Crippen molar-refractivity contribution in [1.29, 1.82) is 0 Å². The van der Waals surface area contributed by atoms with Crippen molar-refractivity contribution >= 4 is 5.91 Å². The molecule has 0 spiro atoms. The fraction of sp³-hybridized carbons (Fsp3) is 0.533. The summed E-state index contributed by atoms with van der Waals surface area (Å²) in [6, 6.07) is 0.326. The number of nitrogens with one attached hydrogen (secondary N) is 1. The first-order chi connectivity index (χ1) is 10.2. The van der Waals surface area contributed by atoms with Gasteiger partial charge >= 0.3 is 0 Å². The van der Waals surface area contributed by atoms with Crippen molar-refractivity contribution < 1.29 is 4.79 Å². The van der Waals surface area contributed by atoms with Crippen molar-refractivity contribution in [3.05, 3.63) is 36.7 Å². The van der Waals surface area contributed by atoms with Crippen molar-refractivity contribution in [2.45, 2.75) is 25.8 Å². The first kappa shape index (κ1) is 15.4. The van der Waals surface area contributed by atoms with Crippen LogP contribution in [0.4, 0.5) is 0 Å². The lowest BCUT2D eigenvalue weighted by atomic mass is 10.1. The van der Waals surface area contributed by atoms with E-state index in [9.17, 15) is 4.79 Å². The van der Waals surface area contributed by atoms with E-state index in [1.165, 1.54) is 0 Å². The molecule has 114 valence electrons. The smallest absolute Gasteiger partial charge is 0.276 e. The maximum Gasteiger partial charge on any atom is 0.276 e. The van der Waals surface area contributed by atoms with Gasteiger partial charge in [-0.2, -0.15) is 0 Å². The SMILES string of the molecule is C=CCN(CC=C)C(=O)c1nnn(C2CCNCC2)c1C. The van der Waals surface area contributed by atoms with Crippen molar-refractivity contribution in [1.82, 2.24) is 25.2 Å². The minimum absolute atomic E-state index is 0.118. The lowest BCUT2D eigenvalue weighted by molar-refractivity contribution is 0.0784. The Labute approximate surface area is 125 Å². The van der Waals surface area contributed by atoms with Gasteiger partial charge in [-0.15, -0.1) is 18.3 Å². The highest BCUT2D eigenvalue weighted by atomic mass is 16.2. The summed E-state index contributed by atoms with van der Waals surface area (Å²) in [7, 11) is 0. The molecule has 1 saturated heterocycles. The number of amides is 1. The van der Waals surface area contributed by atoms with Crippen LogP contribution in [0.1, 0.15) is 35.1 Å². The van der Waals surface area contributed by atoms with Crippen LogP contribution in [-0.4, -0.2) is 52.0 Å². The molecule has 0 saturated carbocycles. The molecular weight excluding hydrogens is 266 g/mol. The van der Waals surface area contributed by atoms with Gasteiger partial charge in [-0.1, -0.05) is 17.4 Å². The van der Waals surface area contributed by atoms with Crippen molar-refractivity contribution in [2.75, 3.05) is 26.2 Å². The number of carbonyl (C=O) groups excluding carboxylic acids is 1. The van der Waals surface area contributed by atoms with E-state index in [0.29, 0.717) is 24.8 Å². The van der Waals surface area contributed by atoms with Gasteiger partial charge in [0.05, 0.1) is 11.7 Å². The summed E-state index contributed by atoms with van der Waals surface area (Å²) in [6.45, 7) is 12.2. The molecule has 1 N–H and O–H groups in total. The first-order valence-corrected chi connectivity index (χ1v) is 7.32. The molecule has 0 unspecified atom stereocenters. The highest BCUT2D eigenvalue weighted by molar-refractivity contribution is 5.93. The zero-order valence-electron chi connectivity index (χ0n) is 12.6. The largest absolute Gasteiger partial charge is 0.330 e. The van der Waals surface area contributed by atoms with Gasteiger partial charge < -0.3 is 10.2 Å². The predicted molar refractivity (Wildman–Crippen MR) is 82.2 cm³/mol. The number of carbonyl (C=O) groups is 1. The van der Waals surface area contributed by atoms with Crippen molar-refractivity contribution in [3.63, 3.8) is 0 Å². The Balaban J connectivity index is 2.19. The average Bonchev–Trinajstić information content (AvgIpc) is 2.89. The highest BCUT2D eigenvalue weighted by Gasteiger charge is 2.25. The third-order valence-electron chi connectivity index (χ3n) is 3.77. The number of hydrogen-bond donors (Lipinski definition) is 1. The second-order valence-electron chi connectivity index (χ2n) is 5.24. The number of rotatable bonds is 6. The third-order valence-corrected chi connectivity index (χ3v) is 3.77. The number of aromatic nitrogens is 3. The van der Waals surface area contributed by atoms with Crippen LogP contribution in [0.15, 0.2) is 25.3 Å². The molecule has 6 nitrogen and oxygen atoms in total. The molecule has 0 atom stereocenters. The summed E-state index contributed by atoms with van der Waals surface area (Å²) in [6.07, 6.45) is 5.43. The van der Waals surface area contributed by atoms with Crippen molar-refractivity contribution in [3.8, 4) is 0 Å². The molecule has 1 aromatic heterocycles. The Bertz CT molecular complexity index is 506. The molecule has 6 heteroatoms.